The number of aryl methyl sites for hydroxylation is 1. The SMILES string of the molecule is Cc1ccc(S(=O)(=O)NCCCC[C@H](NC(=O)[C@@H](N)CO)C(=O)N[C@@H](CCC(=O)O)C(=O)O)cc1. The number of amides is 2. The van der Waals surface area contributed by atoms with Gasteiger partial charge in [0.2, 0.25) is 21.8 Å². The van der Waals surface area contributed by atoms with E-state index < -0.39 is 64.9 Å². The molecule has 0 unspecified atom stereocenters. The fourth-order valence-corrected chi connectivity index (χ4v) is 3.98. The normalized spacial score (nSPS) is 13.9. The average Bonchev–Trinajstić information content (AvgIpc) is 2.79. The van der Waals surface area contributed by atoms with Crippen LogP contribution in [0.4, 0.5) is 0 Å². The number of nitrogens with one attached hydrogen (secondary N) is 3. The van der Waals surface area contributed by atoms with E-state index in [1.807, 2.05) is 6.92 Å². The Hall–Kier alpha value is -3.07. The van der Waals surface area contributed by atoms with Gasteiger partial charge in [-0.3, -0.25) is 14.4 Å². The van der Waals surface area contributed by atoms with E-state index in [0.717, 1.165) is 5.56 Å². The van der Waals surface area contributed by atoms with E-state index >= 15 is 0 Å². The predicted octanol–water partition coefficient (Wildman–Crippen LogP) is -1.32. The number of carbonyl (C=O) groups excluding carboxylic acids is 2. The first kappa shape index (κ1) is 30.0. The summed E-state index contributed by atoms with van der Waals surface area (Å²) >= 11 is 0. The van der Waals surface area contributed by atoms with Gasteiger partial charge in [0.05, 0.1) is 11.5 Å². The highest BCUT2D eigenvalue weighted by Gasteiger charge is 2.28. The zero-order valence-corrected chi connectivity index (χ0v) is 20.1. The molecule has 0 spiro atoms. The molecule has 196 valence electrons. The number of aliphatic hydroxyl groups is 1. The molecule has 0 fully saturated rings. The number of rotatable bonds is 16. The molecule has 35 heavy (non-hydrogen) atoms. The molecule has 2 amide bonds. The summed E-state index contributed by atoms with van der Waals surface area (Å²) in [6.45, 7) is 1.19. The molecular formula is C21H32N4O9S. The van der Waals surface area contributed by atoms with Gasteiger partial charge in [-0.15, -0.1) is 0 Å². The van der Waals surface area contributed by atoms with Gasteiger partial charge in [0.1, 0.15) is 18.1 Å². The number of aliphatic hydroxyl groups excluding tert-OH is 1. The Morgan fingerprint density at radius 2 is 1.54 bits per heavy atom. The van der Waals surface area contributed by atoms with Crippen LogP contribution in [-0.4, -0.2) is 78.8 Å². The molecule has 8 N–H and O–H groups in total. The molecule has 0 saturated carbocycles. The molecular weight excluding hydrogens is 484 g/mol. The average molecular weight is 517 g/mol. The standard InChI is InChI=1S/C21H32N4O9S/c1-13-5-7-14(8-6-13)35(33,34)23-11-3-2-4-16(24-19(29)15(22)12-26)20(30)25-17(21(31)32)9-10-18(27)28/h5-8,15-17,23,26H,2-4,9-12,22H2,1H3,(H,24,29)(H,25,30)(H,27,28)(H,31,32)/t15-,16-,17-/m0/s1. The third kappa shape index (κ3) is 10.8. The van der Waals surface area contributed by atoms with E-state index in [4.69, 9.17) is 15.9 Å². The summed E-state index contributed by atoms with van der Waals surface area (Å²) in [5.41, 5.74) is 6.36. The van der Waals surface area contributed by atoms with E-state index in [1.165, 1.54) is 12.1 Å². The van der Waals surface area contributed by atoms with Crippen molar-refractivity contribution in [2.45, 2.75) is 62.0 Å². The second-order valence-electron chi connectivity index (χ2n) is 7.89. The van der Waals surface area contributed by atoms with Crippen LogP contribution >= 0.6 is 0 Å². The van der Waals surface area contributed by atoms with E-state index in [1.54, 1.807) is 12.1 Å². The van der Waals surface area contributed by atoms with Crippen LogP contribution in [0.2, 0.25) is 0 Å². The smallest absolute Gasteiger partial charge is 0.326 e. The van der Waals surface area contributed by atoms with Crippen LogP contribution in [0, 0.1) is 6.92 Å². The van der Waals surface area contributed by atoms with Gasteiger partial charge in [0, 0.05) is 13.0 Å². The maximum Gasteiger partial charge on any atom is 0.326 e. The Labute approximate surface area is 203 Å². The lowest BCUT2D eigenvalue weighted by Gasteiger charge is -2.22. The van der Waals surface area contributed by atoms with Gasteiger partial charge in [-0.2, -0.15) is 0 Å². The van der Waals surface area contributed by atoms with Crippen LogP contribution in [-0.2, 0) is 29.2 Å². The lowest BCUT2D eigenvalue weighted by molar-refractivity contribution is -0.143. The Balaban J connectivity index is 2.73. The fraction of sp³-hybridized carbons (Fsp3) is 0.524. The number of aliphatic carboxylic acids is 2. The van der Waals surface area contributed by atoms with Gasteiger partial charge in [-0.1, -0.05) is 17.7 Å². The number of carboxylic acid groups (broad SMARTS) is 2. The molecule has 3 atom stereocenters. The van der Waals surface area contributed by atoms with Crippen molar-refractivity contribution in [2.75, 3.05) is 13.2 Å². The third-order valence-electron chi connectivity index (χ3n) is 4.97. The van der Waals surface area contributed by atoms with Crippen LogP contribution in [0.25, 0.3) is 0 Å². The summed E-state index contributed by atoms with van der Waals surface area (Å²) in [5, 5.41) is 31.6. The van der Waals surface area contributed by atoms with Gasteiger partial charge in [0.25, 0.3) is 0 Å². The Morgan fingerprint density at radius 3 is 2.09 bits per heavy atom. The molecule has 14 heteroatoms. The van der Waals surface area contributed by atoms with Crippen LogP contribution in [0.3, 0.4) is 0 Å². The topological polar surface area (TPSA) is 225 Å². The van der Waals surface area contributed by atoms with Gasteiger partial charge < -0.3 is 31.7 Å². The number of hydrogen-bond acceptors (Lipinski definition) is 8. The molecule has 1 aromatic carbocycles. The zero-order chi connectivity index (χ0) is 26.6. The van der Waals surface area contributed by atoms with Crippen LogP contribution in [0.1, 0.15) is 37.7 Å². The molecule has 0 aliphatic rings. The maximum absolute atomic E-state index is 12.6. The zero-order valence-electron chi connectivity index (χ0n) is 19.3. The minimum Gasteiger partial charge on any atom is -0.481 e. The third-order valence-corrected chi connectivity index (χ3v) is 6.45. The van der Waals surface area contributed by atoms with Crippen LogP contribution < -0.4 is 21.1 Å². The summed E-state index contributed by atoms with van der Waals surface area (Å²) in [6.07, 6.45) is -0.305. The van der Waals surface area contributed by atoms with Gasteiger partial charge in [-0.25, -0.2) is 17.9 Å². The summed E-state index contributed by atoms with van der Waals surface area (Å²) < 4.78 is 27.1. The van der Waals surface area contributed by atoms with Gasteiger partial charge >= 0.3 is 11.9 Å². The second-order valence-corrected chi connectivity index (χ2v) is 9.66. The second kappa shape index (κ2) is 14.4. The summed E-state index contributed by atoms with van der Waals surface area (Å²) in [5.74, 6) is -4.40. The molecule has 0 saturated heterocycles. The molecule has 0 aliphatic heterocycles. The van der Waals surface area contributed by atoms with Crippen molar-refractivity contribution in [3.63, 3.8) is 0 Å². The number of benzene rings is 1. The fourth-order valence-electron chi connectivity index (χ4n) is 2.91. The molecule has 1 rings (SSSR count). The minimum atomic E-state index is -3.72. The molecule has 0 aromatic heterocycles. The van der Waals surface area contributed by atoms with Gasteiger partial charge in [-0.05, 0) is 44.7 Å². The highest BCUT2D eigenvalue weighted by Crippen LogP contribution is 2.10. The van der Waals surface area contributed by atoms with Crippen molar-refractivity contribution in [1.82, 2.24) is 15.4 Å². The summed E-state index contributed by atoms with van der Waals surface area (Å²) in [6, 6.07) is 2.24. The van der Waals surface area contributed by atoms with Crippen LogP contribution in [0.15, 0.2) is 29.2 Å². The maximum atomic E-state index is 12.6. The Morgan fingerprint density at radius 1 is 0.943 bits per heavy atom. The molecule has 0 aliphatic carbocycles. The van der Waals surface area contributed by atoms with Crippen molar-refractivity contribution < 1.29 is 42.9 Å². The minimum absolute atomic E-state index is 0.00719. The largest absolute Gasteiger partial charge is 0.481 e. The number of unbranched alkanes of at least 4 members (excludes halogenated alkanes) is 1. The molecule has 13 nitrogen and oxygen atoms in total. The van der Waals surface area contributed by atoms with Crippen molar-refractivity contribution >= 4 is 33.8 Å². The number of nitrogens with two attached hydrogens (primary N) is 1. The molecule has 0 radical (unpaired) electrons. The number of carbonyl (C=O) groups is 4. The van der Waals surface area contributed by atoms with E-state index in [9.17, 15) is 32.7 Å². The van der Waals surface area contributed by atoms with Crippen molar-refractivity contribution in [3.05, 3.63) is 29.8 Å². The lowest BCUT2D eigenvalue weighted by Crippen LogP contribution is -2.55. The highest BCUT2D eigenvalue weighted by atomic mass is 32.2. The molecule has 0 heterocycles. The quantitative estimate of drug-likeness (QED) is 0.128. The van der Waals surface area contributed by atoms with E-state index in [2.05, 4.69) is 15.4 Å². The summed E-state index contributed by atoms with van der Waals surface area (Å²) in [7, 11) is -3.72. The molecule has 0 bridgehead atoms. The van der Waals surface area contributed by atoms with E-state index in [-0.39, 0.29) is 37.1 Å². The van der Waals surface area contributed by atoms with Crippen LogP contribution in [0.5, 0.6) is 0 Å². The number of hydrogen-bond donors (Lipinski definition) is 7. The van der Waals surface area contributed by atoms with E-state index in [0.29, 0.717) is 0 Å². The monoisotopic (exact) mass is 516 g/mol. The summed E-state index contributed by atoms with van der Waals surface area (Å²) in [4.78, 5) is 46.9. The van der Waals surface area contributed by atoms with Crippen molar-refractivity contribution in [2.24, 2.45) is 5.73 Å². The Kier molecular flexibility index (Phi) is 12.3. The number of sulfonamides is 1. The lowest BCUT2D eigenvalue weighted by atomic mass is 10.1. The van der Waals surface area contributed by atoms with Crippen molar-refractivity contribution in [1.29, 1.82) is 0 Å². The first-order valence-corrected chi connectivity index (χ1v) is 12.3. The molecule has 1 aromatic rings. The van der Waals surface area contributed by atoms with Crippen molar-refractivity contribution in [3.8, 4) is 0 Å². The first-order valence-electron chi connectivity index (χ1n) is 10.9. The van der Waals surface area contributed by atoms with Gasteiger partial charge in [0.15, 0.2) is 0 Å². The predicted molar refractivity (Wildman–Crippen MR) is 124 cm³/mol. The Bertz CT molecular complexity index is 983. The highest BCUT2D eigenvalue weighted by molar-refractivity contribution is 7.89. The first-order chi connectivity index (χ1) is 16.4. The number of carboxylic acids is 2.